The van der Waals surface area contributed by atoms with E-state index in [2.05, 4.69) is 4.98 Å². The van der Waals surface area contributed by atoms with E-state index in [9.17, 15) is 4.79 Å². The van der Waals surface area contributed by atoms with E-state index in [1.54, 1.807) is 11.3 Å². The Hall–Kier alpha value is -0.940. The molecule has 0 saturated carbocycles. The number of nitrogens with zero attached hydrogens (tertiary/aromatic N) is 1. The highest BCUT2D eigenvalue weighted by molar-refractivity contribution is 7.09. The first-order valence-corrected chi connectivity index (χ1v) is 5.76. The van der Waals surface area contributed by atoms with E-state index >= 15 is 0 Å². The first-order valence-electron chi connectivity index (χ1n) is 4.88. The summed E-state index contributed by atoms with van der Waals surface area (Å²) in [7, 11) is 0. The number of aryl methyl sites for hydroxylation is 1. The number of hydrogen-bond acceptors (Lipinski definition) is 4. The molecule has 0 unspecified atom stereocenters. The third kappa shape index (κ3) is 4.90. The molecule has 1 aromatic heterocycles. The predicted octanol–water partition coefficient (Wildman–Crippen LogP) is 1.88. The Balaban J connectivity index is 2.03. The highest BCUT2D eigenvalue weighted by Gasteiger charge is 2.01. The highest BCUT2D eigenvalue weighted by atomic mass is 32.1. The summed E-state index contributed by atoms with van der Waals surface area (Å²) in [6, 6.07) is 0. The molecule has 0 fully saturated rings. The van der Waals surface area contributed by atoms with Gasteiger partial charge < -0.3 is 9.84 Å². The van der Waals surface area contributed by atoms with Crippen molar-refractivity contribution in [2.24, 2.45) is 0 Å². The maximum absolute atomic E-state index is 10.2. The molecule has 1 rings (SSSR count). The van der Waals surface area contributed by atoms with Gasteiger partial charge in [-0.15, -0.1) is 11.3 Å². The molecule has 15 heavy (non-hydrogen) atoms. The monoisotopic (exact) mass is 229 g/mol. The van der Waals surface area contributed by atoms with E-state index in [1.165, 1.54) is 4.88 Å². The van der Waals surface area contributed by atoms with Gasteiger partial charge in [-0.05, 0) is 13.3 Å². The second-order valence-corrected chi connectivity index (χ2v) is 4.16. The molecule has 4 nitrogen and oxygen atoms in total. The average Bonchev–Trinajstić information content (AvgIpc) is 2.57. The van der Waals surface area contributed by atoms with Crippen LogP contribution in [-0.4, -0.2) is 29.3 Å². The molecule has 84 valence electrons. The molecule has 0 atom stereocenters. The standard InChI is InChI=1S/C10H15NO3S/c1-8-9(15-7-11-8)4-6-14-5-2-3-10(12)13/h7H,2-6H2,1H3,(H,12,13). The molecule has 5 heteroatoms. The van der Waals surface area contributed by atoms with Gasteiger partial charge in [0, 0.05) is 24.3 Å². The molecule has 0 amide bonds. The zero-order valence-electron chi connectivity index (χ0n) is 8.73. The summed E-state index contributed by atoms with van der Waals surface area (Å²) in [4.78, 5) is 15.6. The lowest BCUT2D eigenvalue weighted by Gasteiger charge is -2.01. The third-order valence-electron chi connectivity index (χ3n) is 2.00. The molecule has 1 N–H and O–H groups in total. The lowest BCUT2D eigenvalue weighted by Crippen LogP contribution is -2.03. The van der Waals surface area contributed by atoms with Crippen molar-refractivity contribution in [2.75, 3.05) is 13.2 Å². The maximum Gasteiger partial charge on any atom is 0.303 e. The fourth-order valence-corrected chi connectivity index (χ4v) is 1.92. The van der Waals surface area contributed by atoms with Gasteiger partial charge in [-0.1, -0.05) is 0 Å². The second-order valence-electron chi connectivity index (χ2n) is 3.22. The quantitative estimate of drug-likeness (QED) is 0.725. The molecule has 0 aliphatic rings. The summed E-state index contributed by atoms with van der Waals surface area (Å²) in [6.07, 6.45) is 1.63. The van der Waals surface area contributed by atoms with Gasteiger partial charge in [-0.3, -0.25) is 4.79 Å². The van der Waals surface area contributed by atoms with Crippen molar-refractivity contribution >= 4 is 17.3 Å². The molecule has 1 aromatic rings. The van der Waals surface area contributed by atoms with Gasteiger partial charge in [0.05, 0.1) is 17.8 Å². The minimum absolute atomic E-state index is 0.180. The number of carbonyl (C=O) groups is 1. The van der Waals surface area contributed by atoms with E-state index in [4.69, 9.17) is 9.84 Å². The Kier molecular flexibility index (Phi) is 5.28. The molecule has 0 bridgehead atoms. The van der Waals surface area contributed by atoms with Crippen LogP contribution in [0.1, 0.15) is 23.4 Å². The van der Waals surface area contributed by atoms with Crippen molar-refractivity contribution in [1.82, 2.24) is 4.98 Å². The van der Waals surface area contributed by atoms with Crippen molar-refractivity contribution in [3.8, 4) is 0 Å². The Labute approximate surface area is 92.9 Å². The fraction of sp³-hybridized carbons (Fsp3) is 0.600. The smallest absolute Gasteiger partial charge is 0.303 e. The van der Waals surface area contributed by atoms with Crippen LogP contribution in [0.4, 0.5) is 0 Å². The van der Waals surface area contributed by atoms with Gasteiger partial charge in [0.2, 0.25) is 0 Å². The molecule has 0 aliphatic carbocycles. The summed E-state index contributed by atoms with van der Waals surface area (Å²) in [5.41, 5.74) is 2.89. The number of carboxylic acid groups (broad SMARTS) is 1. The Morgan fingerprint density at radius 1 is 1.60 bits per heavy atom. The second kappa shape index (κ2) is 6.53. The number of aromatic nitrogens is 1. The van der Waals surface area contributed by atoms with E-state index in [0.29, 0.717) is 19.6 Å². The summed E-state index contributed by atoms with van der Waals surface area (Å²) in [5.74, 6) is -0.767. The summed E-state index contributed by atoms with van der Waals surface area (Å²) < 4.78 is 5.33. The summed E-state index contributed by atoms with van der Waals surface area (Å²) in [6.45, 7) is 3.14. The van der Waals surface area contributed by atoms with Crippen LogP contribution in [0.5, 0.6) is 0 Å². The van der Waals surface area contributed by atoms with Gasteiger partial charge in [0.15, 0.2) is 0 Å². The van der Waals surface area contributed by atoms with Crippen LogP contribution in [0, 0.1) is 6.92 Å². The number of aliphatic carboxylic acids is 1. The van der Waals surface area contributed by atoms with Crippen molar-refractivity contribution < 1.29 is 14.6 Å². The van der Waals surface area contributed by atoms with Crippen LogP contribution in [-0.2, 0) is 16.0 Å². The lowest BCUT2D eigenvalue weighted by molar-refractivity contribution is -0.137. The Morgan fingerprint density at radius 3 is 3.00 bits per heavy atom. The van der Waals surface area contributed by atoms with E-state index in [0.717, 1.165) is 12.1 Å². The van der Waals surface area contributed by atoms with Gasteiger partial charge in [0.25, 0.3) is 0 Å². The largest absolute Gasteiger partial charge is 0.481 e. The third-order valence-corrected chi connectivity index (χ3v) is 2.99. The van der Waals surface area contributed by atoms with Gasteiger partial charge >= 0.3 is 5.97 Å². The molecule has 0 spiro atoms. The van der Waals surface area contributed by atoms with E-state index in [-0.39, 0.29) is 6.42 Å². The number of carboxylic acids is 1. The van der Waals surface area contributed by atoms with Crippen molar-refractivity contribution in [3.63, 3.8) is 0 Å². The number of thiazole rings is 1. The van der Waals surface area contributed by atoms with Crippen molar-refractivity contribution in [3.05, 3.63) is 16.1 Å². The van der Waals surface area contributed by atoms with E-state index in [1.807, 2.05) is 12.4 Å². The van der Waals surface area contributed by atoms with Gasteiger partial charge in [0.1, 0.15) is 0 Å². The van der Waals surface area contributed by atoms with Gasteiger partial charge in [-0.25, -0.2) is 4.98 Å². The molecule has 0 aliphatic heterocycles. The molecule has 1 heterocycles. The van der Waals surface area contributed by atoms with Crippen LogP contribution in [0.15, 0.2) is 5.51 Å². The minimum atomic E-state index is -0.767. The zero-order valence-corrected chi connectivity index (χ0v) is 9.55. The molecular formula is C10H15NO3S. The number of hydrogen-bond donors (Lipinski definition) is 1. The Morgan fingerprint density at radius 2 is 2.40 bits per heavy atom. The van der Waals surface area contributed by atoms with Crippen molar-refractivity contribution in [2.45, 2.75) is 26.2 Å². The first kappa shape index (κ1) is 12.1. The highest BCUT2D eigenvalue weighted by Crippen LogP contribution is 2.12. The number of ether oxygens (including phenoxy) is 1. The van der Waals surface area contributed by atoms with Gasteiger partial charge in [-0.2, -0.15) is 0 Å². The molecule has 0 saturated heterocycles. The lowest BCUT2D eigenvalue weighted by atomic mass is 10.3. The average molecular weight is 229 g/mol. The Bertz CT molecular complexity index is 311. The van der Waals surface area contributed by atoms with Crippen LogP contribution in [0.25, 0.3) is 0 Å². The number of rotatable bonds is 7. The topological polar surface area (TPSA) is 59.4 Å². The van der Waals surface area contributed by atoms with Crippen LogP contribution < -0.4 is 0 Å². The zero-order chi connectivity index (χ0) is 11.1. The predicted molar refractivity (Wildman–Crippen MR) is 58.2 cm³/mol. The molecule has 0 aromatic carbocycles. The summed E-state index contributed by atoms with van der Waals surface area (Å²) in [5, 5.41) is 8.39. The normalized spacial score (nSPS) is 10.5. The summed E-state index contributed by atoms with van der Waals surface area (Å²) >= 11 is 1.63. The maximum atomic E-state index is 10.2. The van der Waals surface area contributed by atoms with Crippen LogP contribution in [0.2, 0.25) is 0 Å². The van der Waals surface area contributed by atoms with Crippen molar-refractivity contribution in [1.29, 1.82) is 0 Å². The first-order chi connectivity index (χ1) is 7.20. The van der Waals surface area contributed by atoms with Crippen LogP contribution in [0.3, 0.4) is 0 Å². The fourth-order valence-electron chi connectivity index (χ4n) is 1.16. The van der Waals surface area contributed by atoms with E-state index < -0.39 is 5.97 Å². The molecular weight excluding hydrogens is 214 g/mol. The molecule has 0 radical (unpaired) electrons. The van der Waals surface area contributed by atoms with Crippen LogP contribution >= 0.6 is 11.3 Å². The SMILES string of the molecule is Cc1ncsc1CCOCCCC(=O)O. The minimum Gasteiger partial charge on any atom is -0.481 e.